The number of carbonyl (C=O) groups excluding carboxylic acids is 1. The molecule has 1 fully saturated rings. The van der Waals surface area contributed by atoms with Gasteiger partial charge in [-0.3, -0.25) is 0 Å². The standard InChI is InChI=1S/C7H14N2O2/c1-11-7(10)9-3-2-6(4-8)5-9/h6H,2-5,8H2,1H3/t6-/m0/s1. The second kappa shape index (κ2) is 3.57. The van der Waals surface area contributed by atoms with Crippen LogP contribution in [0.3, 0.4) is 0 Å². The van der Waals surface area contributed by atoms with E-state index >= 15 is 0 Å². The Hall–Kier alpha value is -0.770. The van der Waals surface area contributed by atoms with Crippen molar-refractivity contribution in [3.8, 4) is 0 Å². The number of hydrogen-bond donors (Lipinski definition) is 1. The molecule has 0 spiro atoms. The molecule has 1 heterocycles. The van der Waals surface area contributed by atoms with E-state index in [1.54, 1.807) is 4.90 Å². The first-order valence-electron chi connectivity index (χ1n) is 3.81. The van der Waals surface area contributed by atoms with Crippen LogP contribution < -0.4 is 5.73 Å². The Labute approximate surface area is 66.3 Å². The lowest BCUT2D eigenvalue weighted by atomic mass is 10.1. The molecule has 64 valence electrons. The van der Waals surface area contributed by atoms with Gasteiger partial charge in [-0.2, -0.15) is 0 Å². The molecule has 0 aliphatic carbocycles. The first-order chi connectivity index (χ1) is 5.27. The molecule has 1 atom stereocenters. The van der Waals surface area contributed by atoms with Gasteiger partial charge in [-0.05, 0) is 18.9 Å². The highest BCUT2D eigenvalue weighted by atomic mass is 16.5. The van der Waals surface area contributed by atoms with Gasteiger partial charge in [0.25, 0.3) is 0 Å². The van der Waals surface area contributed by atoms with E-state index in [2.05, 4.69) is 4.74 Å². The highest BCUT2D eigenvalue weighted by molar-refractivity contribution is 5.67. The maximum Gasteiger partial charge on any atom is 0.409 e. The summed E-state index contributed by atoms with van der Waals surface area (Å²) in [5.74, 6) is 0.467. The quantitative estimate of drug-likeness (QED) is 0.586. The summed E-state index contributed by atoms with van der Waals surface area (Å²) in [6, 6.07) is 0. The largest absolute Gasteiger partial charge is 0.453 e. The van der Waals surface area contributed by atoms with Crippen molar-refractivity contribution in [2.75, 3.05) is 26.7 Å². The third-order valence-corrected chi connectivity index (χ3v) is 2.05. The van der Waals surface area contributed by atoms with Gasteiger partial charge in [-0.25, -0.2) is 4.79 Å². The number of nitrogens with two attached hydrogens (primary N) is 1. The molecule has 2 N–H and O–H groups in total. The number of methoxy groups -OCH3 is 1. The van der Waals surface area contributed by atoms with E-state index in [0.717, 1.165) is 19.5 Å². The molecule has 0 bridgehead atoms. The van der Waals surface area contributed by atoms with E-state index in [-0.39, 0.29) is 6.09 Å². The van der Waals surface area contributed by atoms with Crippen LogP contribution in [0.2, 0.25) is 0 Å². The van der Waals surface area contributed by atoms with Gasteiger partial charge in [0.1, 0.15) is 0 Å². The first-order valence-corrected chi connectivity index (χ1v) is 3.81. The van der Waals surface area contributed by atoms with Crippen LogP contribution >= 0.6 is 0 Å². The molecule has 4 nitrogen and oxygen atoms in total. The zero-order valence-electron chi connectivity index (χ0n) is 6.75. The maximum absolute atomic E-state index is 10.9. The van der Waals surface area contributed by atoms with E-state index in [1.165, 1.54) is 7.11 Å². The Balaban J connectivity index is 2.35. The van der Waals surface area contributed by atoms with E-state index in [0.29, 0.717) is 12.5 Å². The average molecular weight is 158 g/mol. The first kappa shape index (κ1) is 8.33. The summed E-state index contributed by atoms with van der Waals surface area (Å²) < 4.78 is 4.57. The topological polar surface area (TPSA) is 55.6 Å². The van der Waals surface area contributed by atoms with Crippen LogP contribution in [-0.2, 0) is 4.74 Å². The van der Waals surface area contributed by atoms with Crippen molar-refractivity contribution in [2.45, 2.75) is 6.42 Å². The predicted molar refractivity (Wildman–Crippen MR) is 41.1 cm³/mol. The van der Waals surface area contributed by atoms with Crippen molar-refractivity contribution in [3.05, 3.63) is 0 Å². The van der Waals surface area contributed by atoms with Crippen molar-refractivity contribution >= 4 is 6.09 Å². The van der Waals surface area contributed by atoms with Crippen LogP contribution in [0.5, 0.6) is 0 Å². The van der Waals surface area contributed by atoms with Crippen molar-refractivity contribution < 1.29 is 9.53 Å². The number of carbonyl (C=O) groups is 1. The van der Waals surface area contributed by atoms with E-state index in [1.807, 2.05) is 0 Å². The van der Waals surface area contributed by atoms with Gasteiger partial charge < -0.3 is 15.4 Å². The molecule has 1 saturated heterocycles. The lowest BCUT2D eigenvalue weighted by molar-refractivity contribution is 0.131. The minimum Gasteiger partial charge on any atom is -0.453 e. The summed E-state index contributed by atoms with van der Waals surface area (Å²) >= 11 is 0. The molecule has 1 rings (SSSR count). The third-order valence-electron chi connectivity index (χ3n) is 2.05. The second-order valence-corrected chi connectivity index (χ2v) is 2.81. The second-order valence-electron chi connectivity index (χ2n) is 2.81. The molecular formula is C7H14N2O2. The van der Waals surface area contributed by atoms with Crippen molar-refractivity contribution in [3.63, 3.8) is 0 Å². The van der Waals surface area contributed by atoms with Crippen molar-refractivity contribution in [2.24, 2.45) is 11.7 Å². The van der Waals surface area contributed by atoms with E-state index in [4.69, 9.17) is 5.73 Å². The van der Waals surface area contributed by atoms with Crippen LogP contribution in [0.15, 0.2) is 0 Å². The van der Waals surface area contributed by atoms with Gasteiger partial charge >= 0.3 is 6.09 Å². The zero-order chi connectivity index (χ0) is 8.27. The molecule has 4 heteroatoms. The van der Waals surface area contributed by atoms with E-state index in [9.17, 15) is 4.79 Å². The Morgan fingerprint density at radius 2 is 2.55 bits per heavy atom. The molecule has 0 saturated carbocycles. The Morgan fingerprint density at radius 1 is 1.82 bits per heavy atom. The third kappa shape index (κ3) is 1.83. The number of nitrogens with zero attached hydrogens (tertiary/aromatic N) is 1. The van der Waals surface area contributed by atoms with Gasteiger partial charge in [0.05, 0.1) is 7.11 Å². The lowest BCUT2D eigenvalue weighted by Crippen LogP contribution is -2.29. The number of likely N-dealkylation sites (tertiary alicyclic amines) is 1. The highest BCUT2D eigenvalue weighted by Crippen LogP contribution is 2.14. The smallest absolute Gasteiger partial charge is 0.409 e. The highest BCUT2D eigenvalue weighted by Gasteiger charge is 2.25. The SMILES string of the molecule is COC(=O)N1CC[C@@H](CN)C1. The van der Waals surface area contributed by atoms with Crippen LogP contribution in [0.25, 0.3) is 0 Å². The fraction of sp³-hybridized carbons (Fsp3) is 0.857. The lowest BCUT2D eigenvalue weighted by Gasteiger charge is -2.13. The average Bonchev–Trinajstić information content (AvgIpc) is 2.50. The molecule has 11 heavy (non-hydrogen) atoms. The van der Waals surface area contributed by atoms with Crippen LogP contribution in [0, 0.1) is 5.92 Å². The molecule has 1 aliphatic heterocycles. The van der Waals surface area contributed by atoms with Crippen molar-refractivity contribution in [1.82, 2.24) is 4.90 Å². The van der Waals surface area contributed by atoms with Gasteiger partial charge in [-0.1, -0.05) is 0 Å². The normalized spacial score (nSPS) is 23.8. The van der Waals surface area contributed by atoms with Crippen LogP contribution in [0.4, 0.5) is 4.79 Å². The summed E-state index contributed by atoms with van der Waals surface area (Å²) in [4.78, 5) is 12.6. The summed E-state index contributed by atoms with van der Waals surface area (Å²) in [6.45, 7) is 2.20. The summed E-state index contributed by atoms with van der Waals surface area (Å²) in [6.07, 6.45) is 0.770. The van der Waals surface area contributed by atoms with Crippen LogP contribution in [-0.4, -0.2) is 37.7 Å². The summed E-state index contributed by atoms with van der Waals surface area (Å²) in [5, 5.41) is 0. The Kier molecular flexibility index (Phi) is 2.70. The minimum absolute atomic E-state index is 0.235. The molecule has 1 amide bonds. The van der Waals surface area contributed by atoms with Crippen LogP contribution in [0.1, 0.15) is 6.42 Å². The Morgan fingerprint density at radius 3 is 3.00 bits per heavy atom. The molecule has 1 aliphatic rings. The van der Waals surface area contributed by atoms with Gasteiger partial charge in [0, 0.05) is 13.1 Å². The van der Waals surface area contributed by atoms with Gasteiger partial charge in [-0.15, -0.1) is 0 Å². The summed E-state index contributed by atoms with van der Waals surface area (Å²) in [5.41, 5.74) is 5.46. The molecule has 0 radical (unpaired) electrons. The number of hydrogen-bond acceptors (Lipinski definition) is 3. The molecule has 0 aromatic heterocycles. The maximum atomic E-state index is 10.9. The monoisotopic (exact) mass is 158 g/mol. The summed E-state index contributed by atoms with van der Waals surface area (Å²) in [7, 11) is 1.40. The number of rotatable bonds is 1. The van der Waals surface area contributed by atoms with Gasteiger partial charge in [0.15, 0.2) is 0 Å². The van der Waals surface area contributed by atoms with Gasteiger partial charge in [0.2, 0.25) is 0 Å². The zero-order valence-corrected chi connectivity index (χ0v) is 6.75. The van der Waals surface area contributed by atoms with E-state index < -0.39 is 0 Å². The van der Waals surface area contributed by atoms with Crippen molar-refractivity contribution in [1.29, 1.82) is 0 Å². The number of ether oxygens (including phenoxy) is 1. The minimum atomic E-state index is -0.235. The predicted octanol–water partition coefficient (Wildman–Crippen LogP) is 0.0334. The Bertz CT molecular complexity index is 149. The molecule has 0 aromatic rings. The molecule has 0 unspecified atom stereocenters. The fourth-order valence-electron chi connectivity index (χ4n) is 1.32. The molecular weight excluding hydrogens is 144 g/mol. The number of amides is 1. The molecule has 0 aromatic carbocycles. The fourth-order valence-corrected chi connectivity index (χ4v) is 1.32.